The van der Waals surface area contributed by atoms with Crippen LogP contribution in [0.2, 0.25) is 0 Å². The van der Waals surface area contributed by atoms with E-state index in [4.69, 9.17) is 0 Å². The van der Waals surface area contributed by atoms with Crippen LogP contribution in [-0.2, 0) is 27.8 Å². The van der Waals surface area contributed by atoms with E-state index in [0.29, 0.717) is 30.8 Å². The normalized spacial score (nSPS) is 14.8. The zero-order valence-corrected chi connectivity index (χ0v) is 19.7. The Kier molecular flexibility index (Phi) is 7.25. The number of amides is 1. The SMILES string of the molecule is Cc1nccn1Cc1ccc(NC(=O)CCc2ccc(S(=O)(=O)N3CCCCC3)cc2)cc1. The quantitative estimate of drug-likeness (QED) is 0.544. The molecule has 0 bridgehead atoms. The van der Waals surface area contributed by atoms with Crippen LogP contribution >= 0.6 is 0 Å². The van der Waals surface area contributed by atoms with Gasteiger partial charge < -0.3 is 9.88 Å². The second-order valence-electron chi connectivity index (χ2n) is 8.46. The topological polar surface area (TPSA) is 84.3 Å². The molecule has 174 valence electrons. The van der Waals surface area contributed by atoms with E-state index in [1.165, 1.54) is 0 Å². The van der Waals surface area contributed by atoms with Crippen molar-refractivity contribution in [1.29, 1.82) is 0 Å². The van der Waals surface area contributed by atoms with Crippen molar-refractivity contribution in [1.82, 2.24) is 13.9 Å². The third-order valence-corrected chi connectivity index (χ3v) is 7.94. The van der Waals surface area contributed by atoms with Gasteiger partial charge in [-0.3, -0.25) is 4.79 Å². The lowest BCUT2D eigenvalue weighted by molar-refractivity contribution is -0.116. The predicted molar refractivity (Wildman–Crippen MR) is 129 cm³/mol. The van der Waals surface area contributed by atoms with E-state index in [2.05, 4.69) is 14.9 Å². The molecule has 33 heavy (non-hydrogen) atoms. The van der Waals surface area contributed by atoms with Gasteiger partial charge in [0.1, 0.15) is 5.82 Å². The second kappa shape index (κ2) is 10.3. The second-order valence-corrected chi connectivity index (χ2v) is 10.4. The Morgan fingerprint density at radius 2 is 1.64 bits per heavy atom. The molecule has 8 heteroatoms. The molecular formula is C25H30N4O3S. The molecule has 1 saturated heterocycles. The van der Waals surface area contributed by atoms with Gasteiger partial charge in [0, 0.05) is 44.1 Å². The molecule has 1 fully saturated rings. The minimum Gasteiger partial charge on any atom is -0.331 e. The summed E-state index contributed by atoms with van der Waals surface area (Å²) in [5.74, 6) is 0.891. The van der Waals surface area contributed by atoms with Crippen molar-refractivity contribution < 1.29 is 13.2 Å². The molecule has 7 nitrogen and oxygen atoms in total. The Labute approximate surface area is 195 Å². The number of benzene rings is 2. The lowest BCUT2D eigenvalue weighted by Crippen LogP contribution is -2.35. The van der Waals surface area contributed by atoms with E-state index < -0.39 is 10.0 Å². The number of hydrogen-bond donors (Lipinski definition) is 1. The van der Waals surface area contributed by atoms with Gasteiger partial charge in [-0.15, -0.1) is 0 Å². The average Bonchev–Trinajstić information content (AvgIpc) is 3.24. The molecule has 3 aromatic rings. The number of carbonyl (C=O) groups excluding carboxylic acids is 1. The highest BCUT2D eigenvalue weighted by Crippen LogP contribution is 2.21. The Hall–Kier alpha value is -2.97. The fourth-order valence-corrected chi connectivity index (χ4v) is 5.54. The molecule has 1 amide bonds. The van der Waals surface area contributed by atoms with Crippen molar-refractivity contribution in [2.75, 3.05) is 18.4 Å². The number of carbonyl (C=O) groups is 1. The summed E-state index contributed by atoms with van der Waals surface area (Å²) >= 11 is 0. The summed E-state index contributed by atoms with van der Waals surface area (Å²) in [7, 11) is -3.42. The first-order valence-corrected chi connectivity index (χ1v) is 12.8. The Bertz CT molecular complexity index is 1180. The van der Waals surface area contributed by atoms with E-state index >= 15 is 0 Å². The number of anilines is 1. The van der Waals surface area contributed by atoms with Gasteiger partial charge in [-0.2, -0.15) is 4.31 Å². The van der Waals surface area contributed by atoms with Crippen LogP contribution < -0.4 is 5.32 Å². The van der Waals surface area contributed by atoms with Gasteiger partial charge in [-0.1, -0.05) is 30.7 Å². The van der Waals surface area contributed by atoms with E-state index in [0.717, 1.165) is 48.4 Å². The summed E-state index contributed by atoms with van der Waals surface area (Å²) in [5, 5.41) is 2.93. The highest BCUT2D eigenvalue weighted by Gasteiger charge is 2.25. The van der Waals surface area contributed by atoms with Crippen LogP contribution in [0.3, 0.4) is 0 Å². The van der Waals surface area contributed by atoms with E-state index in [-0.39, 0.29) is 5.91 Å². The summed E-state index contributed by atoms with van der Waals surface area (Å²) < 4.78 is 29.1. The van der Waals surface area contributed by atoms with Gasteiger partial charge >= 0.3 is 0 Å². The van der Waals surface area contributed by atoms with Crippen LogP contribution in [0, 0.1) is 6.92 Å². The van der Waals surface area contributed by atoms with Gasteiger partial charge in [0.15, 0.2) is 0 Å². The molecule has 4 rings (SSSR count). The van der Waals surface area contributed by atoms with Crippen molar-refractivity contribution in [2.24, 2.45) is 0 Å². The number of piperidine rings is 1. The molecule has 0 saturated carbocycles. The molecule has 0 atom stereocenters. The fourth-order valence-electron chi connectivity index (χ4n) is 4.02. The van der Waals surface area contributed by atoms with Crippen LogP contribution in [0.5, 0.6) is 0 Å². The summed E-state index contributed by atoms with van der Waals surface area (Å²) in [6, 6.07) is 14.7. The minimum atomic E-state index is -3.42. The number of rotatable bonds is 8. The average molecular weight is 467 g/mol. The molecule has 1 aliphatic heterocycles. The highest BCUT2D eigenvalue weighted by atomic mass is 32.2. The van der Waals surface area contributed by atoms with Crippen LogP contribution in [0.25, 0.3) is 0 Å². The van der Waals surface area contributed by atoms with Crippen molar-refractivity contribution in [3.05, 3.63) is 77.9 Å². The van der Waals surface area contributed by atoms with Gasteiger partial charge in [0.05, 0.1) is 4.90 Å². The largest absolute Gasteiger partial charge is 0.331 e. The van der Waals surface area contributed by atoms with Crippen LogP contribution in [0.1, 0.15) is 42.6 Å². The Balaban J connectivity index is 1.27. The van der Waals surface area contributed by atoms with Crippen LogP contribution in [0.15, 0.2) is 65.8 Å². The molecule has 2 heterocycles. The highest BCUT2D eigenvalue weighted by molar-refractivity contribution is 7.89. The number of nitrogens with one attached hydrogen (secondary N) is 1. The maximum Gasteiger partial charge on any atom is 0.243 e. The van der Waals surface area contributed by atoms with Crippen molar-refractivity contribution in [3.8, 4) is 0 Å². The summed E-state index contributed by atoms with van der Waals surface area (Å²) in [6.07, 6.45) is 7.52. The summed E-state index contributed by atoms with van der Waals surface area (Å²) in [6.45, 7) is 3.89. The Morgan fingerprint density at radius 1 is 0.970 bits per heavy atom. The zero-order valence-electron chi connectivity index (χ0n) is 18.9. The number of hydrogen-bond acceptors (Lipinski definition) is 4. The standard InChI is InChI=1S/C25H30N4O3S/c1-20-26-15-18-28(20)19-22-5-10-23(11-6-22)27-25(30)14-9-21-7-12-24(13-8-21)33(31,32)29-16-3-2-4-17-29/h5-8,10-13,15,18H,2-4,9,14,16-17,19H2,1H3,(H,27,30). The number of aromatic nitrogens is 2. The third kappa shape index (κ3) is 5.89. The number of aryl methyl sites for hydroxylation is 2. The fraction of sp³-hybridized carbons (Fsp3) is 0.360. The molecule has 1 aromatic heterocycles. The zero-order chi connectivity index (χ0) is 23.3. The monoisotopic (exact) mass is 466 g/mol. The number of sulfonamides is 1. The lowest BCUT2D eigenvalue weighted by atomic mass is 10.1. The van der Waals surface area contributed by atoms with Crippen LogP contribution in [-0.4, -0.2) is 41.3 Å². The molecule has 2 aromatic carbocycles. The number of imidazole rings is 1. The summed E-state index contributed by atoms with van der Waals surface area (Å²) in [5.41, 5.74) is 2.83. The number of nitrogens with zero attached hydrogens (tertiary/aromatic N) is 3. The van der Waals surface area contributed by atoms with E-state index in [9.17, 15) is 13.2 Å². The maximum atomic E-state index is 12.8. The molecule has 0 radical (unpaired) electrons. The first-order valence-electron chi connectivity index (χ1n) is 11.4. The third-order valence-electron chi connectivity index (χ3n) is 6.03. The van der Waals surface area contributed by atoms with E-state index in [1.54, 1.807) is 34.8 Å². The smallest absolute Gasteiger partial charge is 0.243 e. The van der Waals surface area contributed by atoms with Gasteiger partial charge in [0.2, 0.25) is 15.9 Å². The molecular weight excluding hydrogens is 436 g/mol. The Morgan fingerprint density at radius 3 is 2.27 bits per heavy atom. The first-order chi connectivity index (χ1) is 15.9. The molecule has 0 unspecified atom stereocenters. The molecule has 0 spiro atoms. The van der Waals surface area contributed by atoms with Gasteiger partial charge in [0.25, 0.3) is 0 Å². The first kappa shape index (κ1) is 23.2. The predicted octanol–water partition coefficient (Wildman–Crippen LogP) is 3.99. The maximum absolute atomic E-state index is 12.8. The molecule has 0 aliphatic carbocycles. The summed E-state index contributed by atoms with van der Waals surface area (Å²) in [4.78, 5) is 16.9. The van der Waals surface area contributed by atoms with Gasteiger partial charge in [-0.05, 0) is 61.6 Å². The van der Waals surface area contributed by atoms with Crippen molar-refractivity contribution in [2.45, 2.75) is 50.5 Å². The molecule has 1 aliphatic rings. The molecule has 1 N–H and O–H groups in total. The van der Waals surface area contributed by atoms with Gasteiger partial charge in [-0.25, -0.2) is 13.4 Å². The minimum absolute atomic E-state index is 0.0711. The van der Waals surface area contributed by atoms with Crippen molar-refractivity contribution in [3.63, 3.8) is 0 Å². The lowest BCUT2D eigenvalue weighted by Gasteiger charge is -2.25. The van der Waals surface area contributed by atoms with Crippen LogP contribution in [0.4, 0.5) is 5.69 Å². The van der Waals surface area contributed by atoms with Crippen molar-refractivity contribution >= 4 is 21.6 Å². The van der Waals surface area contributed by atoms with E-state index in [1.807, 2.05) is 37.4 Å².